The quantitative estimate of drug-likeness (QED) is 0.0308. The summed E-state index contributed by atoms with van der Waals surface area (Å²) in [6.45, 7) is 36.6. The third kappa shape index (κ3) is 17.3. The Bertz CT molecular complexity index is 5140. The second-order valence-electron chi connectivity index (χ2n) is 31.8. The molecule has 0 saturated heterocycles. The van der Waals surface area contributed by atoms with Gasteiger partial charge in [0.1, 0.15) is 19.0 Å². The number of aryl methyl sites for hydroxylation is 8. The summed E-state index contributed by atoms with van der Waals surface area (Å²) in [6, 6.07) is 76.9. The fraction of sp³-hybridized carbons (Fsp3) is 0.280. The number of hydrogen-bond acceptors (Lipinski definition) is 4. The molecular weight excluding hydrogens is 1320 g/mol. The van der Waals surface area contributed by atoms with Gasteiger partial charge in [0.15, 0.2) is 75.8 Å². The van der Waals surface area contributed by atoms with Gasteiger partial charge in [-0.15, -0.1) is 0 Å². The molecule has 0 radical (unpaired) electrons. The molecule has 0 fully saturated rings. The van der Waals surface area contributed by atoms with Crippen LogP contribution in [0.1, 0.15) is 149 Å². The molecule has 108 heavy (non-hydrogen) atoms. The summed E-state index contributed by atoms with van der Waals surface area (Å²) in [7, 11) is 0. The topological polar surface area (TPSA) is 59.8 Å². The Morgan fingerprint density at radius 2 is 0.769 bits per heavy atom. The van der Waals surface area contributed by atoms with E-state index in [2.05, 4.69) is 375 Å². The number of benzene rings is 7. The van der Waals surface area contributed by atoms with Gasteiger partial charge in [0, 0.05) is 65.5 Å². The lowest BCUT2D eigenvalue weighted by molar-refractivity contribution is -0.727. The maximum absolute atomic E-state index is 6.34. The normalized spacial score (nSPS) is 11.9. The van der Waals surface area contributed by atoms with Crippen LogP contribution in [0.5, 0.6) is 5.75 Å². The van der Waals surface area contributed by atoms with Crippen LogP contribution in [0.2, 0.25) is 0 Å². The monoisotopic (exact) mass is 1420 g/mol. The van der Waals surface area contributed by atoms with Crippen LogP contribution >= 0.6 is 0 Å². The molecule has 7 aromatic carbocycles. The summed E-state index contributed by atoms with van der Waals surface area (Å²) < 4.78 is 21.6. The van der Waals surface area contributed by atoms with E-state index in [0.717, 1.165) is 69.0 Å². The summed E-state index contributed by atoms with van der Waals surface area (Å²) in [5.74, 6) is 0.827. The maximum atomic E-state index is 6.34. The highest BCUT2D eigenvalue weighted by molar-refractivity contribution is 5.83. The van der Waals surface area contributed by atoms with Crippen molar-refractivity contribution >= 4 is 0 Å². The van der Waals surface area contributed by atoms with Crippen LogP contribution in [0.15, 0.2) is 268 Å². The molecule has 0 spiro atoms. The van der Waals surface area contributed by atoms with Gasteiger partial charge in [-0.3, -0.25) is 9.97 Å². The lowest BCUT2D eigenvalue weighted by Crippen LogP contribution is -2.38. The zero-order valence-electron chi connectivity index (χ0n) is 66.2. The second-order valence-corrected chi connectivity index (χ2v) is 31.8. The predicted molar refractivity (Wildman–Crippen MR) is 441 cm³/mol. The number of nitrogens with zero attached hydrogens (tertiary/aromatic N) is 6. The third-order valence-corrected chi connectivity index (χ3v) is 22.3. The Morgan fingerprint density at radius 3 is 1.27 bits per heavy atom. The molecule has 13 rings (SSSR count). The Hall–Kier alpha value is -10.8. The minimum absolute atomic E-state index is 0.0418. The van der Waals surface area contributed by atoms with Crippen LogP contribution < -0.4 is 23.0 Å². The molecule has 0 aliphatic rings. The van der Waals surface area contributed by atoms with E-state index in [4.69, 9.17) is 9.47 Å². The van der Waals surface area contributed by atoms with Crippen LogP contribution in [0.25, 0.3) is 55.9 Å². The zero-order chi connectivity index (χ0) is 75.7. The van der Waals surface area contributed by atoms with Crippen molar-refractivity contribution in [3.63, 3.8) is 0 Å². The molecule has 0 bridgehead atoms. The van der Waals surface area contributed by atoms with Crippen molar-refractivity contribution in [2.24, 2.45) is 0 Å². The first-order chi connectivity index (χ1) is 52.1. The maximum Gasteiger partial charge on any atom is 0.173 e. The van der Waals surface area contributed by atoms with Crippen molar-refractivity contribution in [1.82, 2.24) is 9.97 Å². The highest BCUT2D eigenvalue weighted by atomic mass is 16.5. The molecule has 0 N–H and O–H groups in total. The lowest BCUT2D eigenvalue weighted by Gasteiger charge is -2.38. The fourth-order valence-electron chi connectivity index (χ4n) is 15.7. The Kier molecular flexibility index (Phi) is 23.1. The van der Waals surface area contributed by atoms with Crippen molar-refractivity contribution in [1.29, 1.82) is 0 Å². The van der Waals surface area contributed by atoms with Crippen LogP contribution in [0, 0.1) is 48.5 Å². The SMILES string of the molecule is CCc1ccc(C(c2ccc(OCCOCC[n+]3ccc(-c4cc[n+](CCC[n+]5ccc(-c6cc[n+](Cc7ccc(-c8c(C)c(C)c(-c9ccc(CCc%10ccnc(-c%11cc(C)ccn%11)c%10)cc9)c(C)c8C)cc7)cc6C)c(C)c5)cc4)cc3)cc2)(c2ccc(C(C)(C)C)cc2)c2ccc(C(C)(C)C)cc2)cc1. The smallest absolute Gasteiger partial charge is 0.173 e. The standard InChI is InChI=1S/C100H108N6O2/c1-15-77-23-29-87(30-24-77)100(88-35-31-85(32-36-88)98(9,10)11,89-37-33-86(34-38-89)99(12,13)14)90-39-41-91(42-40-90)108-64-63-107-62-61-104-57-47-82(48-58-104)81-45-55-103(56-46-81)53-16-54-105-59-49-92(71(3)67-105)93-50-60-106(68-72(93)4)69-80-21-27-84(28-22-80)97-75(7)73(5)96(74(6)76(97)8)83-25-19-78(20-26-83)17-18-79-44-52-102-95(66-79)94-65-70(2)43-51-101-94/h19-52,55-60,65-68H,15-18,53-54,61-64,69H2,1-14H3/q+4. The van der Waals surface area contributed by atoms with Crippen molar-refractivity contribution < 1.29 is 27.7 Å². The summed E-state index contributed by atoms with van der Waals surface area (Å²) in [5, 5.41) is 0. The van der Waals surface area contributed by atoms with Gasteiger partial charge in [-0.25, -0.2) is 18.3 Å². The molecule has 6 aromatic heterocycles. The Morgan fingerprint density at radius 1 is 0.352 bits per heavy atom. The van der Waals surface area contributed by atoms with Gasteiger partial charge >= 0.3 is 0 Å². The molecule has 6 heterocycles. The van der Waals surface area contributed by atoms with E-state index in [1.54, 1.807) is 0 Å². The molecule has 13 aromatic rings. The minimum atomic E-state index is -0.559. The van der Waals surface area contributed by atoms with Gasteiger partial charge in [-0.2, -0.15) is 0 Å². The largest absolute Gasteiger partial charge is 0.491 e. The molecule has 8 heteroatoms. The average Bonchev–Trinajstić information content (AvgIpc) is 0.733. The molecular formula is C100H108N6O2+4. The third-order valence-electron chi connectivity index (χ3n) is 22.3. The number of pyridine rings is 6. The van der Waals surface area contributed by atoms with Crippen LogP contribution in [-0.4, -0.2) is 29.8 Å². The van der Waals surface area contributed by atoms with E-state index in [-0.39, 0.29) is 10.8 Å². The fourth-order valence-corrected chi connectivity index (χ4v) is 15.7. The van der Waals surface area contributed by atoms with Crippen LogP contribution in [0.4, 0.5) is 0 Å². The molecule has 8 nitrogen and oxygen atoms in total. The van der Waals surface area contributed by atoms with Gasteiger partial charge in [-0.1, -0.05) is 182 Å². The summed E-state index contributed by atoms with van der Waals surface area (Å²) in [6.07, 6.45) is 25.4. The number of hydrogen-bond donors (Lipinski definition) is 0. The van der Waals surface area contributed by atoms with Crippen LogP contribution in [-0.2, 0) is 66.4 Å². The van der Waals surface area contributed by atoms with Crippen LogP contribution in [0.3, 0.4) is 0 Å². The van der Waals surface area contributed by atoms with E-state index >= 15 is 0 Å². The average molecular weight is 1430 g/mol. The summed E-state index contributed by atoms with van der Waals surface area (Å²) >= 11 is 0. The first-order valence-electron chi connectivity index (χ1n) is 38.9. The van der Waals surface area contributed by atoms with Crippen molar-refractivity contribution in [3.8, 4) is 61.6 Å². The molecule has 0 saturated carbocycles. The predicted octanol–water partition coefficient (Wildman–Crippen LogP) is 20.7. The highest BCUT2D eigenvalue weighted by Crippen LogP contribution is 2.47. The molecule has 0 unspecified atom stereocenters. The molecule has 546 valence electrons. The van der Waals surface area contributed by atoms with Gasteiger partial charge in [-0.05, 0) is 237 Å². The van der Waals surface area contributed by atoms with E-state index in [0.29, 0.717) is 19.8 Å². The van der Waals surface area contributed by atoms with E-state index in [9.17, 15) is 0 Å². The zero-order valence-corrected chi connectivity index (χ0v) is 66.2. The van der Waals surface area contributed by atoms with E-state index in [1.807, 2.05) is 18.5 Å². The van der Waals surface area contributed by atoms with Crippen molar-refractivity contribution in [2.75, 3.05) is 19.8 Å². The van der Waals surface area contributed by atoms with Gasteiger partial charge < -0.3 is 9.47 Å². The summed E-state index contributed by atoms with van der Waals surface area (Å²) in [4.78, 5) is 9.17. The first kappa shape index (κ1) is 75.4. The molecule has 0 aliphatic heterocycles. The number of rotatable bonds is 26. The van der Waals surface area contributed by atoms with Crippen molar-refractivity contribution in [3.05, 3.63) is 363 Å². The number of aromatic nitrogens is 6. The Labute approximate surface area is 643 Å². The molecule has 0 aliphatic carbocycles. The minimum Gasteiger partial charge on any atom is -0.491 e. The first-order valence-corrected chi connectivity index (χ1v) is 38.9. The van der Waals surface area contributed by atoms with Gasteiger partial charge in [0.2, 0.25) is 0 Å². The lowest BCUT2D eigenvalue weighted by atomic mass is 9.64. The highest BCUT2D eigenvalue weighted by Gasteiger charge is 2.39. The van der Waals surface area contributed by atoms with Gasteiger partial charge in [0.25, 0.3) is 0 Å². The molecule has 0 amide bonds. The molecule has 0 atom stereocenters. The van der Waals surface area contributed by atoms with E-state index < -0.39 is 5.41 Å². The van der Waals surface area contributed by atoms with Gasteiger partial charge in [0.05, 0.1) is 29.8 Å². The van der Waals surface area contributed by atoms with Crippen molar-refractivity contribution in [2.45, 2.75) is 165 Å². The van der Waals surface area contributed by atoms with E-state index in [1.165, 1.54) is 139 Å². The summed E-state index contributed by atoms with van der Waals surface area (Å²) in [5.41, 5.74) is 33.3. The second kappa shape index (κ2) is 33.1. The number of ether oxygens (including phenoxy) is 2. The Balaban J connectivity index is 0.557.